The largest absolute Gasteiger partial charge is 0.361 e. The fourth-order valence-corrected chi connectivity index (χ4v) is 3.58. The van der Waals surface area contributed by atoms with E-state index in [0.29, 0.717) is 17.3 Å². The molecule has 0 bridgehead atoms. The number of para-hydroxylation sites is 1. The van der Waals surface area contributed by atoms with Crippen molar-refractivity contribution in [2.45, 2.75) is 5.92 Å². The summed E-state index contributed by atoms with van der Waals surface area (Å²) in [6, 6.07) is 21.1. The summed E-state index contributed by atoms with van der Waals surface area (Å²) in [7, 11) is 0. The average molecular weight is 376 g/mol. The zero-order chi connectivity index (χ0) is 18.6. The molecule has 4 nitrogen and oxygen atoms in total. The number of aromatic amines is 1. The van der Waals surface area contributed by atoms with Crippen LogP contribution in [0.15, 0.2) is 79.1 Å². The molecule has 1 atom stereocenters. The molecule has 0 aliphatic heterocycles. The van der Waals surface area contributed by atoms with Gasteiger partial charge in [0.25, 0.3) is 5.91 Å². The van der Waals surface area contributed by atoms with E-state index in [9.17, 15) is 4.79 Å². The summed E-state index contributed by atoms with van der Waals surface area (Å²) >= 11 is 6.48. The normalized spacial score (nSPS) is 12.0. The molecule has 0 aliphatic carbocycles. The Hall–Kier alpha value is -3.11. The minimum Gasteiger partial charge on any atom is -0.361 e. The third-order valence-electron chi connectivity index (χ3n) is 4.64. The Labute approximate surface area is 162 Å². The molecule has 27 heavy (non-hydrogen) atoms. The Morgan fingerprint density at radius 1 is 1.00 bits per heavy atom. The Bertz CT molecular complexity index is 1080. The summed E-state index contributed by atoms with van der Waals surface area (Å²) in [6.07, 6.45) is 3.60. The number of benzene rings is 2. The second-order valence-electron chi connectivity index (χ2n) is 6.29. The van der Waals surface area contributed by atoms with Crippen LogP contribution in [0, 0.1) is 0 Å². The minimum absolute atomic E-state index is 0.0810. The number of carbonyl (C=O) groups excluding carboxylic acids is 1. The number of halogens is 1. The lowest BCUT2D eigenvalue weighted by atomic mass is 9.90. The van der Waals surface area contributed by atoms with Crippen LogP contribution in [0.5, 0.6) is 0 Å². The summed E-state index contributed by atoms with van der Waals surface area (Å²) in [6.45, 7) is 0.418. The van der Waals surface area contributed by atoms with E-state index in [1.807, 2.05) is 48.7 Å². The van der Waals surface area contributed by atoms with Gasteiger partial charge in [-0.05, 0) is 35.4 Å². The molecule has 1 unspecified atom stereocenters. The first-order valence-electron chi connectivity index (χ1n) is 8.73. The molecule has 2 N–H and O–H groups in total. The standard InChI is InChI=1S/C22H18ClN3O/c23-19-9-3-1-7-15(19)17(14-26-22(27)21-11-5-6-12-24-21)18-13-25-20-10-4-2-8-16(18)20/h1-13,17,25H,14H2,(H,26,27). The molecule has 4 rings (SSSR count). The van der Waals surface area contributed by atoms with Crippen molar-refractivity contribution in [2.24, 2.45) is 0 Å². The van der Waals surface area contributed by atoms with Crippen LogP contribution < -0.4 is 5.32 Å². The number of fused-ring (bicyclic) bond motifs is 1. The molecule has 0 saturated heterocycles. The van der Waals surface area contributed by atoms with Gasteiger partial charge in [0.1, 0.15) is 5.69 Å². The Morgan fingerprint density at radius 3 is 2.59 bits per heavy atom. The molecule has 134 valence electrons. The predicted octanol–water partition coefficient (Wildman–Crippen LogP) is 4.78. The van der Waals surface area contributed by atoms with E-state index >= 15 is 0 Å². The summed E-state index contributed by atoms with van der Waals surface area (Å²) in [5, 5.41) is 4.80. The molecular formula is C22H18ClN3O. The van der Waals surface area contributed by atoms with Gasteiger partial charge in [0.2, 0.25) is 0 Å². The van der Waals surface area contributed by atoms with E-state index in [1.165, 1.54) is 0 Å². The molecule has 0 aliphatic rings. The van der Waals surface area contributed by atoms with Crippen LogP contribution >= 0.6 is 11.6 Å². The van der Waals surface area contributed by atoms with Gasteiger partial charge in [0.15, 0.2) is 0 Å². The quantitative estimate of drug-likeness (QED) is 0.527. The van der Waals surface area contributed by atoms with Crippen molar-refractivity contribution in [2.75, 3.05) is 6.54 Å². The topological polar surface area (TPSA) is 57.8 Å². The van der Waals surface area contributed by atoms with Crippen molar-refractivity contribution in [3.8, 4) is 0 Å². The van der Waals surface area contributed by atoms with Gasteiger partial charge < -0.3 is 10.3 Å². The minimum atomic E-state index is -0.201. The van der Waals surface area contributed by atoms with E-state index in [-0.39, 0.29) is 11.8 Å². The first-order valence-corrected chi connectivity index (χ1v) is 9.11. The molecule has 4 aromatic rings. The highest BCUT2D eigenvalue weighted by atomic mass is 35.5. The molecule has 1 amide bonds. The van der Waals surface area contributed by atoms with Crippen LogP contribution in [-0.4, -0.2) is 22.4 Å². The lowest BCUT2D eigenvalue weighted by Gasteiger charge is -2.19. The van der Waals surface area contributed by atoms with E-state index in [0.717, 1.165) is 22.0 Å². The monoisotopic (exact) mass is 375 g/mol. The SMILES string of the molecule is O=C(NCC(c1ccccc1Cl)c1c[nH]c2ccccc12)c1ccccn1. The molecule has 0 saturated carbocycles. The van der Waals surface area contributed by atoms with Gasteiger partial charge in [-0.3, -0.25) is 9.78 Å². The van der Waals surface area contributed by atoms with Crippen LogP contribution in [0.3, 0.4) is 0 Å². The zero-order valence-electron chi connectivity index (χ0n) is 14.5. The summed E-state index contributed by atoms with van der Waals surface area (Å²) in [5.41, 5.74) is 3.53. The Balaban J connectivity index is 1.69. The summed E-state index contributed by atoms with van der Waals surface area (Å²) < 4.78 is 0. The third-order valence-corrected chi connectivity index (χ3v) is 4.99. The number of carbonyl (C=O) groups is 1. The first kappa shape index (κ1) is 17.3. The Kier molecular flexibility index (Phi) is 4.90. The number of nitrogens with zero attached hydrogens (tertiary/aromatic N) is 1. The molecule has 0 fully saturated rings. The van der Waals surface area contributed by atoms with Gasteiger partial charge in [0, 0.05) is 40.8 Å². The molecule has 2 heterocycles. The second kappa shape index (κ2) is 7.64. The maximum atomic E-state index is 12.5. The fraction of sp³-hybridized carbons (Fsp3) is 0.0909. The number of amides is 1. The predicted molar refractivity (Wildman–Crippen MR) is 108 cm³/mol. The van der Waals surface area contributed by atoms with Gasteiger partial charge in [-0.25, -0.2) is 0 Å². The molecule has 0 radical (unpaired) electrons. The van der Waals surface area contributed by atoms with Crippen LogP contribution in [0.4, 0.5) is 0 Å². The molecule has 0 spiro atoms. The van der Waals surface area contributed by atoms with Crippen molar-refractivity contribution in [1.29, 1.82) is 0 Å². The van der Waals surface area contributed by atoms with Gasteiger partial charge in [-0.2, -0.15) is 0 Å². The number of hydrogen-bond donors (Lipinski definition) is 2. The van der Waals surface area contributed by atoms with Gasteiger partial charge in [0.05, 0.1) is 0 Å². The highest BCUT2D eigenvalue weighted by Gasteiger charge is 2.21. The number of rotatable bonds is 5. The second-order valence-corrected chi connectivity index (χ2v) is 6.70. The molecule has 2 aromatic carbocycles. The van der Waals surface area contributed by atoms with Crippen LogP contribution in [0.1, 0.15) is 27.5 Å². The molecular weight excluding hydrogens is 358 g/mol. The van der Waals surface area contributed by atoms with E-state index in [2.05, 4.69) is 21.4 Å². The average Bonchev–Trinajstić information content (AvgIpc) is 3.14. The van der Waals surface area contributed by atoms with Crippen molar-refractivity contribution >= 4 is 28.4 Å². The molecule has 2 aromatic heterocycles. The van der Waals surface area contributed by atoms with Crippen LogP contribution in [-0.2, 0) is 0 Å². The zero-order valence-corrected chi connectivity index (χ0v) is 15.3. The molecule has 5 heteroatoms. The van der Waals surface area contributed by atoms with Crippen molar-refractivity contribution in [1.82, 2.24) is 15.3 Å². The van der Waals surface area contributed by atoms with Crippen molar-refractivity contribution in [3.05, 3.63) is 101 Å². The van der Waals surface area contributed by atoms with Crippen molar-refractivity contribution < 1.29 is 4.79 Å². The summed E-state index contributed by atoms with van der Waals surface area (Å²) in [5.74, 6) is -0.282. The summed E-state index contributed by atoms with van der Waals surface area (Å²) in [4.78, 5) is 19.9. The number of H-pyrrole nitrogens is 1. The van der Waals surface area contributed by atoms with E-state index in [4.69, 9.17) is 11.6 Å². The maximum Gasteiger partial charge on any atom is 0.269 e. The third kappa shape index (κ3) is 3.57. The lowest BCUT2D eigenvalue weighted by Crippen LogP contribution is -2.29. The maximum absolute atomic E-state index is 12.5. The smallest absolute Gasteiger partial charge is 0.269 e. The number of aromatic nitrogens is 2. The number of nitrogens with one attached hydrogen (secondary N) is 2. The van der Waals surface area contributed by atoms with Gasteiger partial charge in [-0.1, -0.05) is 54.1 Å². The van der Waals surface area contributed by atoms with E-state index < -0.39 is 0 Å². The van der Waals surface area contributed by atoms with Crippen molar-refractivity contribution in [3.63, 3.8) is 0 Å². The van der Waals surface area contributed by atoms with Gasteiger partial charge >= 0.3 is 0 Å². The highest BCUT2D eigenvalue weighted by molar-refractivity contribution is 6.31. The van der Waals surface area contributed by atoms with E-state index in [1.54, 1.807) is 24.4 Å². The Morgan fingerprint density at radius 2 is 1.78 bits per heavy atom. The van der Waals surface area contributed by atoms with Crippen LogP contribution in [0.2, 0.25) is 5.02 Å². The highest BCUT2D eigenvalue weighted by Crippen LogP contribution is 2.34. The fourth-order valence-electron chi connectivity index (χ4n) is 3.31. The van der Waals surface area contributed by atoms with Crippen LogP contribution in [0.25, 0.3) is 10.9 Å². The number of pyridine rings is 1. The first-order chi connectivity index (χ1) is 13.2. The lowest BCUT2D eigenvalue weighted by molar-refractivity contribution is 0.0947. The van der Waals surface area contributed by atoms with Gasteiger partial charge in [-0.15, -0.1) is 0 Å². The number of hydrogen-bond acceptors (Lipinski definition) is 2.